The third kappa shape index (κ3) is 3.16. The largest absolute Gasteiger partial charge is 0.336 e. The zero-order valence-corrected chi connectivity index (χ0v) is 12.3. The summed E-state index contributed by atoms with van der Waals surface area (Å²) < 4.78 is 0. The third-order valence-electron chi connectivity index (χ3n) is 4.47. The van der Waals surface area contributed by atoms with Crippen molar-refractivity contribution in [2.75, 3.05) is 31.6 Å². The van der Waals surface area contributed by atoms with Crippen LogP contribution in [-0.4, -0.2) is 52.9 Å². The fourth-order valence-corrected chi connectivity index (χ4v) is 3.30. The Morgan fingerprint density at radius 2 is 2.05 bits per heavy atom. The number of hydrazine groups is 1. The van der Waals surface area contributed by atoms with E-state index in [0.29, 0.717) is 17.6 Å². The van der Waals surface area contributed by atoms with Crippen molar-refractivity contribution >= 4 is 11.7 Å². The van der Waals surface area contributed by atoms with E-state index in [1.165, 1.54) is 32.4 Å². The standard InChI is InChI=1S/C15H23N5O/c16-18-14-6-4-5-13(17-14)15(21)20-10-7-12(11-20)19-8-2-1-3-9-19/h4-6,12H,1-3,7-11,16H2,(H,17,18). The van der Waals surface area contributed by atoms with Crippen LogP contribution in [0.3, 0.4) is 0 Å². The van der Waals surface area contributed by atoms with Gasteiger partial charge in [-0.05, 0) is 44.5 Å². The molecule has 0 aliphatic carbocycles. The Bertz CT molecular complexity index is 501. The highest BCUT2D eigenvalue weighted by Gasteiger charge is 2.31. The second-order valence-corrected chi connectivity index (χ2v) is 5.84. The Hall–Kier alpha value is -1.66. The molecule has 2 aliphatic heterocycles. The molecule has 3 rings (SSSR count). The Balaban J connectivity index is 1.63. The van der Waals surface area contributed by atoms with Gasteiger partial charge in [-0.1, -0.05) is 12.5 Å². The van der Waals surface area contributed by atoms with Crippen molar-refractivity contribution in [3.63, 3.8) is 0 Å². The summed E-state index contributed by atoms with van der Waals surface area (Å²) in [6.45, 7) is 4.00. The molecule has 2 saturated heterocycles. The summed E-state index contributed by atoms with van der Waals surface area (Å²) in [5.74, 6) is 5.87. The van der Waals surface area contributed by atoms with Gasteiger partial charge in [0.2, 0.25) is 0 Å². The molecule has 3 heterocycles. The van der Waals surface area contributed by atoms with Crippen LogP contribution in [0.5, 0.6) is 0 Å². The monoisotopic (exact) mass is 289 g/mol. The van der Waals surface area contributed by atoms with Crippen LogP contribution in [0.2, 0.25) is 0 Å². The molecule has 1 aromatic heterocycles. The van der Waals surface area contributed by atoms with E-state index in [4.69, 9.17) is 5.84 Å². The molecule has 0 bridgehead atoms. The molecule has 6 heteroatoms. The van der Waals surface area contributed by atoms with Crippen molar-refractivity contribution in [2.24, 2.45) is 5.84 Å². The zero-order chi connectivity index (χ0) is 14.7. The van der Waals surface area contributed by atoms with Crippen molar-refractivity contribution < 1.29 is 4.79 Å². The molecule has 2 fully saturated rings. The lowest BCUT2D eigenvalue weighted by Crippen LogP contribution is -2.41. The molecule has 0 radical (unpaired) electrons. The van der Waals surface area contributed by atoms with Crippen molar-refractivity contribution in [2.45, 2.75) is 31.7 Å². The molecule has 1 aromatic rings. The third-order valence-corrected chi connectivity index (χ3v) is 4.47. The van der Waals surface area contributed by atoms with Crippen LogP contribution in [0.4, 0.5) is 5.82 Å². The topological polar surface area (TPSA) is 74.5 Å². The number of nitrogens with one attached hydrogen (secondary N) is 1. The van der Waals surface area contributed by atoms with Gasteiger partial charge in [0, 0.05) is 19.1 Å². The molecular weight excluding hydrogens is 266 g/mol. The maximum atomic E-state index is 12.5. The van der Waals surface area contributed by atoms with Gasteiger partial charge in [-0.3, -0.25) is 9.69 Å². The van der Waals surface area contributed by atoms with Crippen molar-refractivity contribution in [1.82, 2.24) is 14.8 Å². The van der Waals surface area contributed by atoms with Crippen LogP contribution in [-0.2, 0) is 0 Å². The predicted molar refractivity (Wildman–Crippen MR) is 81.8 cm³/mol. The van der Waals surface area contributed by atoms with Crippen LogP contribution < -0.4 is 11.3 Å². The summed E-state index contributed by atoms with van der Waals surface area (Å²) >= 11 is 0. The van der Waals surface area contributed by atoms with E-state index >= 15 is 0 Å². The number of piperidine rings is 1. The summed E-state index contributed by atoms with van der Waals surface area (Å²) in [5, 5.41) is 0. The van der Waals surface area contributed by atoms with E-state index < -0.39 is 0 Å². The van der Waals surface area contributed by atoms with E-state index in [1.54, 1.807) is 18.2 Å². The Labute approximate surface area is 125 Å². The van der Waals surface area contributed by atoms with Gasteiger partial charge in [0.1, 0.15) is 11.5 Å². The lowest BCUT2D eigenvalue weighted by atomic mass is 10.1. The molecule has 0 saturated carbocycles. The summed E-state index contributed by atoms with van der Waals surface area (Å²) in [5.41, 5.74) is 2.95. The molecule has 1 unspecified atom stereocenters. The average Bonchev–Trinajstić information content (AvgIpc) is 3.05. The maximum absolute atomic E-state index is 12.5. The summed E-state index contributed by atoms with van der Waals surface area (Å²) in [6, 6.07) is 5.81. The highest BCUT2D eigenvalue weighted by molar-refractivity contribution is 5.92. The number of aromatic nitrogens is 1. The number of pyridine rings is 1. The van der Waals surface area contributed by atoms with E-state index in [1.807, 2.05) is 4.90 Å². The number of rotatable bonds is 3. The fraction of sp³-hybridized carbons (Fsp3) is 0.600. The lowest BCUT2D eigenvalue weighted by molar-refractivity contribution is 0.0766. The minimum Gasteiger partial charge on any atom is -0.336 e. The van der Waals surface area contributed by atoms with Crippen LogP contribution >= 0.6 is 0 Å². The number of nitrogens with two attached hydrogens (primary N) is 1. The van der Waals surface area contributed by atoms with Crippen LogP contribution in [0.25, 0.3) is 0 Å². The second-order valence-electron chi connectivity index (χ2n) is 5.84. The number of amides is 1. The number of hydrogen-bond donors (Lipinski definition) is 2. The normalized spacial score (nSPS) is 23.3. The van der Waals surface area contributed by atoms with Gasteiger partial charge < -0.3 is 10.3 Å². The minimum absolute atomic E-state index is 0.00612. The van der Waals surface area contributed by atoms with Gasteiger partial charge in [0.25, 0.3) is 5.91 Å². The zero-order valence-electron chi connectivity index (χ0n) is 12.3. The van der Waals surface area contributed by atoms with E-state index in [-0.39, 0.29) is 5.91 Å². The smallest absolute Gasteiger partial charge is 0.272 e. The Kier molecular flexibility index (Phi) is 4.36. The van der Waals surface area contributed by atoms with Gasteiger partial charge in [-0.2, -0.15) is 0 Å². The van der Waals surface area contributed by atoms with Crippen LogP contribution in [0, 0.1) is 0 Å². The molecule has 2 aliphatic rings. The number of carbonyl (C=O) groups excluding carboxylic acids is 1. The molecule has 1 atom stereocenters. The Morgan fingerprint density at radius 1 is 1.24 bits per heavy atom. The van der Waals surface area contributed by atoms with Gasteiger partial charge in [-0.15, -0.1) is 0 Å². The molecule has 21 heavy (non-hydrogen) atoms. The highest BCUT2D eigenvalue weighted by atomic mass is 16.2. The highest BCUT2D eigenvalue weighted by Crippen LogP contribution is 2.21. The summed E-state index contributed by atoms with van der Waals surface area (Å²) in [4.78, 5) is 21.2. The maximum Gasteiger partial charge on any atom is 0.272 e. The molecule has 0 aromatic carbocycles. The molecular formula is C15H23N5O. The predicted octanol–water partition coefficient (Wildman–Crippen LogP) is 1.07. The van der Waals surface area contributed by atoms with Gasteiger partial charge in [-0.25, -0.2) is 10.8 Å². The molecule has 114 valence electrons. The first-order valence-corrected chi connectivity index (χ1v) is 7.75. The number of hydrogen-bond acceptors (Lipinski definition) is 5. The van der Waals surface area contributed by atoms with Gasteiger partial charge in [0.15, 0.2) is 0 Å². The number of nitrogens with zero attached hydrogens (tertiary/aromatic N) is 3. The van der Waals surface area contributed by atoms with Crippen molar-refractivity contribution in [3.8, 4) is 0 Å². The number of likely N-dealkylation sites (tertiary alicyclic amines) is 2. The quantitative estimate of drug-likeness (QED) is 0.643. The van der Waals surface area contributed by atoms with Crippen molar-refractivity contribution in [3.05, 3.63) is 23.9 Å². The summed E-state index contributed by atoms with van der Waals surface area (Å²) in [7, 11) is 0. The second kappa shape index (κ2) is 6.41. The van der Waals surface area contributed by atoms with E-state index in [9.17, 15) is 4.79 Å². The average molecular weight is 289 g/mol. The first kappa shape index (κ1) is 14.3. The number of carbonyl (C=O) groups is 1. The van der Waals surface area contributed by atoms with Crippen LogP contribution in [0.1, 0.15) is 36.2 Å². The van der Waals surface area contributed by atoms with E-state index in [2.05, 4.69) is 15.3 Å². The molecule has 1 amide bonds. The fourth-order valence-electron chi connectivity index (χ4n) is 3.30. The van der Waals surface area contributed by atoms with E-state index in [0.717, 1.165) is 19.5 Å². The number of anilines is 1. The van der Waals surface area contributed by atoms with Gasteiger partial charge >= 0.3 is 0 Å². The minimum atomic E-state index is 0.00612. The van der Waals surface area contributed by atoms with Crippen molar-refractivity contribution in [1.29, 1.82) is 0 Å². The number of nitrogen functional groups attached to an aromatic ring is 1. The Morgan fingerprint density at radius 3 is 2.81 bits per heavy atom. The summed E-state index contributed by atoms with van der Waals surface area (Å²) in [6.07, 6.45) is 4.99. The SMILES string of the molecule is NNc1cccc(C(=O)N2CCC(N3CCCCC3)C2)n1. The first-order valence-electron chi connectivity index (χ1n) is 7.75. The molecule has 0 spiro atoms. The van der Waals surface area contributed by atoms with Gasteiger partial charge in [0.05, 0.1) is 0 Å². The van der Waals surface area contributed by atoms with Crippen LogP contribution in [0.15, 0.2) is 18.2 Å². The molecule has 3 N–H and O–H groups in total. The first-order chi connectivity index (χ1) is 10.3. The molecule has 6 nitrogen and oxygen atoms in total. The lowest BCUT2D eigenvalue weighted by Gasteiger charge is -2.32.